The van der Waals surface area contributed by atoms with Crippen LogP contribution >= 0.6 is 0 Å². The number of nitrogens with one attached hydrogen (secondary N) is 3. The van der Waals surface area contributed by atoms with Gasteiger partial charge in [0.25, 0.3) is 11.8 Å². The number of rotatable bonds is 15. The number of amides is 4. The summed E-state index contributed by atoms with van der Waals surface area (Å²) < 4.78 is 23.6. The highest BCUT2D eigenvalue weighted by Gasteiger charge is 2.39. The molecule has 3 aromatic rings. The number of aliphatic imine (C=N–C) groups is 1. The van der Waals surface area contributed by atoms with Crippen LogP contribution in [0.4, 0.5) is 17.1 Å². The molecule has 4 amide bonds. The molecule has 1 fully saturated rings. The molecule has 5 N–H and O–H groups in total. The Morgan fingerprint density at radius 3 is 2.20 bits per heavy atom. The van der Waals surface area contributed by atoms with Crippen LogP contribution in [-0.4, -0.2) is 97.8 Å². The Labute approximate surface area is 355 Å². The van der Waals surface area contributed by atoms with Crippen molar-refractivity contribution in [2.75, 3.05) is 44.6 Å². The Balaban J connectivity index is 0.861. The number of nitrogens with zero attached hydrogens (tertiary/aromatic N) is 3. The van der Waals surface area contributed by atoms with E-state index >= 15 is 0 Å². The molecule has 0 aromatic heterocycles. The average molecular weight is 832 g/mol. The van der Waals surface area contributed by atoms with E-state index in [2.05, 4.69) is 22.2 Å². The van der Waals surface area contributed by atoms with Crippen molar-refractivity contribution >= 4 is 52.5 Å². The van der Waals surface area contributed by atoms with Gasteiger partial charge in [-0.15, -0.1) is 0 Å². The molecule has 5 aliphatic rings. The third-order valence-corrected chi connectivity index (χ3v) is 11.9. The lowest BCUT2D eigenvalue weighted by Crippen LogP contribution is -2.50. The molecule has 61 heavy (non-hydrogen) atoms. The zero-order valence-corrected chi connectivity index (χ0v) is 35.2. The predicted octanol–water partition coefficient (Wildman–Crippen LogP) is 5.88. The number of hydrogen-bond donors (Lipinski definition) is 4. The van der Waals surface area contributed by atoms with Crippen molar-refractivity contribution < 1.29 is 38.1 Å². The second-order valence-electron chi connectivity index (χ2n) is 16.5. The van der Waals surface area contributed by atoms with Gasteiger partial charge < -0.3 is 50.4 Å². The number of carbonyl (C=O) groups is 4. The van der Waals surface area contributed by atoms with Gasteiger partial charge in [-0.2, -0.15) is 0 Å². The van der Waals surface area contributed by atoms with Crippen LogP contribution in [0.25, 0.3) is 5.57 Å². The standard InChI is InChI=1S/C46H53N7O8/c1-25(2)42(47)44(55)50-26(3)43(54)51-31-11-9-28(10-12-31)30-16-33-22-49-37-20-41(39(59-5)18-35(37)46(57)53(33)24-30)61-14-6-13-60-40-19-36-34(17-38(40)58-4)45(56)52-23-29(27-7-8-27)15-32(52)21-48-36/h9-12,17-20,22-27,32-33,42,48H,6-8,13-16,21,47H2,1-5H3,(H,50,55)(H,51,54)/t26-,32?,33?,42-/m0/s1. The normalized spacial score (nSPS) is 19.9. The first-order valence-electron chi connectivity index (χ1n) is 20.9. The minimum absolute atomic E-state index is 0.0308. The van der Waals surface area contributed by atoms with Crippen molar-refractivity contribution in [3.05, 3.63) is 83.2 Å². The van der Waals surface area contributed by atoms with E-state index in [1.807, 2.05) is 43.1 Å². The largest absolute Gasteiger partial charge is 0.493 e. The van der Waals surface area contributed by atoms with Crippen LogP contribution in [-0.2, 0) is 9.59 Å². The summed E-state index contributed by atoms with van der Waals surface area (Å²) >= 11 is 0. The van der Waals surface area contributed by atoms with E-state index in [1.54, 1.807) is 55.5 Å². The molecule has 15 heteroatoms. The molecule has 0 saturated heterocycles. The number of carbonyl (C=O) groups excluding carboxylic acids is 4. The molecular weight excluding hydrogens is 779 g/mol. The van der Waals surface area contributed by atoms with E-state index in [-0.39, 0.29) is 41.6 Å². The van der Waals surface area contributed by atoms with Crippen LogP contribution < -0.4 is 40.6 Å². The van der Waals surface area contributed by atoms with Gasteiger partial charge in [0.2, 0.25) is 11.8 Å². The molecule has 4 aliphatic heterocycles. The maximum atomic E-state index is 13.9. The first kappa shape index (κ1) is 41.4. The average Bonchev–Trinajstić information content (AvgIpc) is 3.94. The Bertz CT molecular complexity index is 2320. The molecule has 4 atom stereocenters. The van der Waals surface area contributed by atoms with Crippen LogP contribution in [0, 0.1) is 11.8 Å². The van der Waals surface area contributed by atoms with Gasteiger partial charge in [0, 0.05) is 55.8 Å². The van der Waals surface area contributed by atoms with Gasteiger partial charge >= 0.3 is 0 Å². The van der Waals surface area contributed by atoms with E-state index in [4.69, 9.17) is 29.7 Å². The van der Waals surface area contributed by atoms with E-state index in [9.17, 15) is 19.2 Å². The Hall–Kier alpha value is -6.35. The molecule has 1 saturated carbocycles. The highest BCUT2D eigenvalue weighted by Crippen LogP contribution is 2.45. The fourth-order valence-corrected chi connectivity index (χ4v) is 8.04. The van der Waals surface area contributed by atoms with Gasteiger partial charge in [-0.05, 0) is 79.0 Å². The zero-order valence-electron chi connectivity index (χ0n) is 35.2. The van der Waals surface area contributed by atoms with Crippen LogP contribution in [0.15, 0.2) is 71.5 Å². The summed E-state index contributed by atoms with van der Waals surface area (Å²) in [4.78, 5) is 60.8. The maximum absolute atomic E-state index is 13.9. The Morgan fingerprint density at radius 2 is 1.52 bits per heavy atom. The number of ether oxygens (including phenoxy) is 4. The Kier molecular flexibility index (Phi) is 11.8. The van der Waals surface area contributed by atoms with Gasteiger partial charge in [0.1, 0.15) is 6.04 Å². The number of hydrogen-bond acceptors (Lipinski definition) is 11. The second-order valence-corrected chi connectivity index (χ2v) is 16.5. The Morgan fingerprint density at radius 1 is 0.852 bits per heavy atom. The lowest BCUT2D eigenvalue weighted by molar-refractivity contribution is -0.127. The van der Waals surface area contributed by atoms with Crippen molar-refractivity contribution in [2.24, 2.45) is 22.6 Å². The number of benzene rings is 3. The summed E-state index contributed by atoms with van der Waals surface area (Å²) in [5.41, 5.74) is 11.9. The third-order valence-electron chi connectivity index (χ3n) is 11.9. The summed E-state index contributed by atoms with van der Waals surface area (Å²) in [6, 6.07) is 12.6. The van der Waals surface area contributed by atoms with Crippen LogP contribution in [0.3, 0.4) is 0 Å². The van der Waals surface area contributed by atoms with Gasteiger partial charge in [0.15, 0.2) is 23.0 Å². The van der Waals surface area contributed by atoms with Crippen molar-refractivity contribution in [1.82, 2.24) is 15.1 Å². The molecule has 0 spiro atoms. The molecule has 320 valence electrons. The lowest BCUT2D eigenvalue weighted by Gasteiger charge is -2.20. The zero-order chi connectivity index (χ0) is 42.9. The quantitative estimate of drug-likeness (QED) is 0.135. The van der Waals surface area contributed by atoms with Gasteiger partial charge in [-0.3, -0.25) is 24.2 Å². The van der Waals surface area contributed by atoms with Crippen molar-refractivity contribution in [3.63, 3.8) is 0 Å². The summed E-state index contributed by atoms with van der Waals surface area (Å²) in [6.07, 6.45) is 10.1. The molecule has 1 aliphatic carbocycles. The summed E-state index contributed by atoms with van der Waals surface area (Å²) in [5.74, 6) is 1.47. The SMILES string of the molecule is COc1cc2c(cc1OCCCOc1cc3c(cc1OC)C(=O)N1C=C(C4CC4)CC1CN3)N=CC1CC(c3ccc(NC(=O)[C@H](C)NC(=O)[C@@H](N)C(C)C)cc3)=CN1C2=O. The van der Waals surface area contributed by atoms with E-state index < -0.39 is 12.1 Å². The number of methoxy groups -OCH3 is 2. The van der Waals surface area contributed by atoms with Crippen molar-refractivity contribution in [1.29, 1.82) is 0 Å². The van der Waals surface area contributed by atoms with Crippen LogP contribution in [0.1, 0.15) is 79.2 Å². The van der Waals surface area contributed by atoms with E-state index in [0.29, 0.717) is 84.0 Å². The van der Waals surface area contributed by atoms with E-state index in [0.717, 1.165) is 23.2 Å². The van der Waals surface area contributed by atoms with Crippen molar-refractivity contribution in [2.45, 2.75) is 77.0 Å². The minimum Gasteiger partial charge on any atom is -0.493 e. The topological polar surface area (TPSA) is 186 Å². The number of anilines is 2. The highest BCUT2D eigenvalue weighted by atomic mass is 16.5. The van der Waals surface area contributed by atoms with Crippen molar-refractivity contribution in [3.8, 4) is 23.0 Å². The summed E-state index contributed by atoms with van der Waals surface area (Å²) in [5, 5.41) is 8.96. The summed E-state index contributed by atoms with van der Waals surface area (Å²) in [7, 11) is 3.09. The number of nitrogens with two attached hydrogens (primary N) is 1. The molecular formula is C46H53N7O8. The van der Waals surface area contributed by atoms with Gasteiger partial charge in [0.05, 0.1) is 68.1 Å². The molecule has 4 heterocycles. The highest BCUT2D eigenvalue weighted by molar-refractivity contribution is 6.06. The summed E-state index contributed by atoms with van der Waals surface area (Å²) in [6.45, 7) is 6.59. The second kappa shape index (κ2) is 17.3. The first-order valence-corrected chi connectivity index (χ1v) is 20.9. The third kappa shape index (κ3) is 8.65. The fourth-order valence-electron chi connectivity index (χ4n) is 8.04. The number of fused-ring (bicyclic) bond motifs is 4. The van der Waals surface area contributed by atoms with E-state index in [1.165, 1.54) is 25.5 Å². The monoisotopic (exact) mass is 831 g/mol. The molecule has 2 unspecified atom stereocenters. The first-order chi connectivity index (χ1) is 29.4. The van der Waals surface area contributed by atoms with Gasteiger partial charge in [-0.25, -0.2) is 0 Å². The molecule has 0 radical (unpaired) electrons. The van der Waals surface area contributed by atoms with Gasteiger partial charge in [-0.1, -0.05) is 26.0 Å². The van der Waals surface area contributed by atoms with Crippen LogP contribution in [0.5, 0.6) is 23.0 Å². The molecule has 0 bridgehead atoms. The smallest absolute Gasteiger partial charge is 0.260 e. The molecule has 8 rings (SSSR count). The predicted molar refractivity (Wildman–Crippen MR) is 232 cm³/mol. The minimum atomic E-state index is -0.769. The maximum Gasteiger partial charge on any atom is 0.260 e. The van der Waals surface area contributed by atoms with Crippen LogP contribution in [0.2, 0.25) is 0 Å². The molecule has 15 nitrogen and oxygen atoms in total. The lowest BCUT2D eigenvalue weighted by atomic mass is 10.0. The fraction of sp³-hybridized carbons (Fsp3) is 0.413. The molecule has 3 aromatic carbocycles.